The van der Waals surface area contributed by atoms with Gasteiger partial charge in [0, 0.05) is 13.1 Å². The summed E-state index contributed by atoms with van der Waals surface area (Å²) in [4.78, 5) is 0. The largest absolute Gasteiger partial charge is 0.317 e. The van der Waals surface area contributed by atoms with Gasteiger partial charge < -0.3 is 5.32 Å². The van der Waals surface area contributed by atoms with Crippen LogP contribution < -0.4 is 5.32 Å². The average Bonchev–Trinajstić information content (AvgIpc) is 2.26. The summed E-state index contributed by atoms with van der Waals surface area (Å²) in [5, 5.41) is 3.13. The first-order valence-electron chi connectivity index (χ1n) is 5.50. The molecule has 0 amide bonds. The van der Waals surface area contributed by atoms with Crippen molar-refractivity contribution in [3.63, 3.8) is 0 Å². The van der Waals surface area contributed by atoms with Crippen LogP contribution in [0.3, 0.4) is 0 Å². The van der Waals surface area contributed by atoms with E-state index in [-0.39, 0.29) is 5.75 Å². The Morgan fingerprint density at radius 3 is 2.80 bits per heavy atom. The van der Waals surface area contributed by atoms with Crippen molar-refractivity contribution in [1.29, 1.82) is 0 Å². The van der Waals surface area contributed by atoms with Crippen molar-refractivity contribution >= 4 is 10.0 Å². The Kier molecular flexibility index (Phi) is 5.28. The van der Waals surface area contributed by atoms with Crippen LogP contribution in [0, 0.1) is 0 Å². The molecule has 1 aliphatic rings. The fraction of sp³-hybridized carbons (Fsp3) is 0.800. The molecular weight excluding hydrogens is 212 g/mol. The first kappa shape index (κ1) is 12.7. The fourth-order valence-corrected chi connectivity index (χ4v) is 3.02. The van der Waals surface area contributed by atoms with E-state index in [1.54, 1.807) is 4.31 Å². The van der Waals surface area contributed by atoms with Crippen LogP contribution in [0.25, 0.3) is 0 Å². The highest BCUT2D eigenvalue weighted by molar-refractivity contribution is 7.89. The van der Waals surface area contributed by atoms with Crippen LogP contribution in [0.2, 0.25) is 0 Å². The zero-order valence-corrected chi connectivity index (χ0v) is 10.1. The summed E-state index contributed by atoms with van der Waals surface area (Å²) in [6.07, 6.45) is 5.48. The molecule has 1 rings (SSSR count). The lowest BCUT2D eigenvalue weighted by atomic mass is 10.3. The van der Waals surface area contributed by atoms with Crippen LogP contribution in [0.4, 0.5) is 0 Å². The molecule has 4 nitrogen and oxygen atoms in total. The maximum Gasteiger partial charge on any atom is 0.214 e. The Bertz CT molecular complexity index is 299. The first-order chi connectivity index (χ1) is 7.17. The van der Waals surface area contributed by atoms with Gasteiger partial charge in [-0.25, -0.2) is 8.42 Å². The van der Waals surface area contributed by atoms with E-state index >= 15 is 0 Å². The maximum atomic E-state index is 11.8. The van der Waals surface area contributed by atoms with Crippen LogP contribution >= 0.6 is 0 Å². The maximum absolute atomic E-state index is 11.8. The molecule has 0 unspecified atom stereocenters. The van der Waals surface area contributed by atoms with Crippen LogP contribution in [0.1, 0.15) is 19.8 Å². The second-order valence-electron chi connectivity index (χ2n) is 3.64. The molecule has 0 aromatic heterocycles. The van der Waals surface area contributed by atoms with Crippen molar-refractivity contribution in [2.75, 3.05) is 31.9 Å². The van der Waals surface area contributed by atoms with Crippen LogP contribution in [-0.4, -0.2) is 44.7 Å². The lowest BCUT2D eigenvalue weighted by molar-refractivity contribution is 0.436. The van der Waals surface area contributed by atoms with E-state index in [0.29, 0.717) is 19.5 Å². The van der Waals surface area contributed by atoms with E-state index in [4.69, 9.17) is 0 Å². The molecule has 1 aliphatic heterocycles. The van der Waals surface area contributed by atoms with Gasteiger partial charge in [-0.3, -0.25) is 0 Å². The molecule has 1 heterocycles. The van der Waals surface area contributed by atoms with E-state index < -0.39 is 10.0 Å². The fourth-order valence-electron chi connectivity index (χ4n) is 1.56. The normalized spacial score (nSPS) is 18.2. The van der Waals surface area contributed by atoms with Crippen molar-refractivity contribution in [2.45, 2.75) is 19.8 Å². The van der Waals surface area contributed by atoms with Gasteiger partial charge in [-0.15, -0.1) is 0 Å². The predicted octanol–water partition coefficient (Wildman–Crippen LogP) is 0.578. The highest BCUT2D eigenvalue weighted by Crippen LogP contribution is 2.08. The molecule has 0 saturated heterocycles. The predicted molar refractivity (Wildman–Crippen MR) is 62.3 cm³/mol. The third kappa shape index (κ3) is 4.32. The van der Waals surface area contributed by atoms with Gasteiger partial charge in [0.05, 0.1) is 5.75 Å². The summed E-state index contributed by atoms with van der Waals surface area (Å²) >= 11 is 0. The van der Waals surface area contributed by atoms with Crippen LogP contribution in [0.5, 0.6) is 0 Å². The summed E-state index contributed by atoms with van der Waals surface area (Å²) in [6.45, 7) is 4.87. The van der Waals surface area contributed by atoms with Gasteiger partial charge in [0.2, 0.25) is 10.0 Å². The number of hydrogen-bond donors (Lipinski definition) is 1. The topological polar surface area (TPSA) is 49.4 Å². The summed E-state index contributed by atoms with van der Waals surface area (Å²) in [5.41, 5.74) is 0. The van der Waals surface area contributed by atoms with Crippen molar-refractivity contribution < 1.29 is 8.42 Å². The standard InChI is InChI=1S/C10H20N2O2S/c1-2-11-7-6-10-15(13,14)12-8-4-3-5-9-12/h3-4,11H,2,5-10H2,1H3. The minimum absolute atomic E-state index is 0.258. The molecule has 0 bridgehead atoms. The van der Waals surface area contributed by atoms with Gasteiger partial charge in [0.25, 0.3) is 0 Å². The molecule has 88 valence electrons. The van der Waals surface area contributed by atoms with E-state index in [9.17, 15) is 8.42 Å². The summed E-state index contributed by atoms with van der Waals surface area (Å²) in [5.74, 6) is 0.258. The number of rotatable bonds is 6. The Labute approximate surface area is 92.4 Å². The van der Waals surface area contributed by atoms with Crippen molar-refractivity contribution in [3.05, 3.63) is 12.2 Å². The number of nitrogens with one attached hydrogen (secondary N) is 1. The molecule has 0 saturated carbocycles. The second-order valence-corrected chi connectivity index (χ2v) is 5.73. The van der Waals surface area contributed by atoms with E-state index in [0.717, 1.165) is 19.5 Å². The smallest absolute Gasteiger partial charge is 0.214 e. The Morgan fingerprint density at radius 2 is 2.20 bits per heavy atom. The summed E-state index contributed by atoms with van der Waals surface area (Å²) < 4.78 is 25.2. The van der Waals surface area contributed by atoms with Crippen LogP contribution in [-0.2, 0) is 10.0 Å². The van der Waals surface area contributed by atoms with Crippen molar-refractivity contribution in [2.24, 2.45) is 0 Å². The van der Waals surface area contributed by atoms with Gasteiger partial charge in [0.15, 0.2) is 0 Å². The molecule has 15 heavy (non-hydrogen) atoms. The highest BCUT2D eigenvalue weighted by atomic mass is 32.2. The Morgan fingerprint density at radius 1 is 1.40 bits per heavy atom. The third-order valence-electron chi connectivity index (χ3n) is 2.42. The molecule has 5 heteroatoms. The highest BCUT2D eigenvalue weighted by Gasteiger charge is 2.20. The first-order valence-corrected chi connectivity index (χ1v) is 7.11. The molecule has 1 N–H and O–H groups in total. The number of hydrogen-bond acceptors (Lipinski definition) is 3. The average molecular weight is 232 g/mol. The molecule has 0 radical (unpaired) electrons. The molecule has 0 aromatic carbocycles. The SMILES string of the molecule is CCNCCCS(=O)(=O)N1CC=CCC1. The number of sulfonamides is 1. The van der Waals surface area contributed by atoms with E-state index in [1.165, 1.54) is 0 Å². The Balaban J connectivity index is 2.34. The molecular formula is C10H20N2O2S. The summed E-state index contributed by atoms with van der Waals surface area (Å²) in [7, 11) is -3.02. The Hall–Kier alpha value is -0.390. The summed E-state index contributed by atoms with van der Waals surface area (Å²) in [6, 6.07) is 0. The molecule has 0 atom stereocenters. The molecule has 0 spiro atoms. The third-order valence-corrected chi connectivity index (χ3v) is 4.34. The lowest BCUT2D eigenvalue weighted by Crippen LogP contribution is -2.36. The lowest BCUT2D eigenvalue weighted by Gasteiger charge is -2.22. The van der Waals surface area contributed by atoms with Crippen molar-refractivity contribution in [3.8, 4) is 0 Å². The van der Waals surface area contributed by atoms with Crippen LogP contribution in [0.15, 0.2) is 12.2 Å². The van der Waals surface area contributed by atoms with E-state index in [1.807, 2.05) is 19.1 Å². The number of nitrogens with zero attached hydrogens (tertiary/aromatic N) is 1. The molecule has 0 aromatic rings. The van der Waals surface area contributed by atoms with Gasteiger partial charge in [-0.1, -0.05) is 19.1 Å². The zero-order chi connectivity index (χ0) is 11.1. The van der Waals surface area contributed by atoms with Gasteiger partial charge in [0.1, 0.15) is 0 Å². The minimum atomic E-state index is -3.02. The zero-order valence-electron chi connectivity index (χ0n) is 9.28. The van der Waals surface area contributed by atoms with Gasteiger partial charge in [-0.05, 0) is 25.9 Å². The molecule has 0 fully saturated rings. The monoisotopic (exact) mass is 232 g/mol. The minimum Gasteiger partial charge on any atom is -0.317 e. The van der Waals surface area contributed by atoms with Gasteiger partial charge >= 0.3 is 0 Å². The van der Waals surface area contributed by atoms with E-state index in [2.05, 4.69) is 5.32 Å². The molecule has 0 aliphatic carbocycles. The second kappa shape index (κ2) is 6.25. The van der Waals surface area contributed by atoms with Crippen molar-refractivity contribution in [1.82, 2.24) is 9.62 Å². The van der Waals surface area contributed by atoms with Gasteiger partial charge in [-0.2, -0.15) is 4.31 Å². The quantitative estimate of drug-likeness (QED) is 0.538.